The molecule has 0 aliphatic carbocycles. The maximum Gasteiger partial charge on any atom is 0.224 e. The first-order valence-electron chi connectivity index (χ1n) is 10.4. The largest absolute Gasteiger partial charge is 0.356 e. The molecule has 0 fully saturated rings. The van der Waals surface area contributed by atoms with Crippen LogP contribution in [-0.2, 0) is 24.2 Å². The van der Waals surface area contributed by atoms with Gasteiger partial charge in [-0.1, -0.05) is 80.2 Å². The quantitative estimate of drug-likeness (QED) is 0.383. The van der Waals surface area contributed by atoms with Crippen LogP contribution in [0.5, 0.6) is 0 Å². The molecule has 2 aromatic carbocycles. The number of nitrogens with one attached hydrogen (secondary N) is 1. The van der Waals surface area contributed by atoms with Crippen LogP contribution in [0.1, 0.15) is 31.7 Å². The standard InChI is InChI=1S/C24H30N4OS/c1-18(2)17-28-22(26-27-24(28)30-3)10-7-15-25-23(29)16-19-11-13-21(14-12-19)20-8-5-4-6-9-20/h4-6,8-9,11-14,18H,7,10,15-17H2,1-3H3,(H,25,29). The number of rotatable bonds is 10. The molecule has 6 heteroatoms. The van der Waals surface area contributed by atoms with Crippen LogP contribution in [0, 0.1) is 5.92 Å². The third-order valence-corrected chi connectivity index (χ3v) is 5.52. The molecule has 30 heavy (non-hydrogen) atoms. The van der Waals surface area contributed by atoms with E-state index in [9.17, 15) is 4.79 Å². The summed E-state index contributed by atoms with van der Waals surface area (Å²) in [6, 6.07) is 18.5. The number of hydrogen-bond acceptors (Lipinski definition) is 4. The summed E-state index contributed by atoms with van der Waals surface area (Å²) in [5.74, 6) is 1.59. The number of aryl methyl sites for hydroxylation is 1. The van der Waals surface area contributed by atoms with Crippen LogP contribution in [0.2, 0.25) is 0 Å². The molecule has 0 saturated heterocycles. The minimum absolute atomic E-state index is 0.0518. The topological polar surface area (TPSA) is 59.8 Å². The molecule has 3 aromatic rings. The Hall–Kier alpha value is -2.60. The molecule has 0 saturated carbocycles. The van der Waals surface area contributed by atoms with E-state index >= 15 is 0 Å². The molecular formula is C24H30N4OS. The first-order valence-corrected chi connectivity index (χ1v) is 11.7. The molecule has 0 aliphatic heterocycles. The lowest BCUT2D eigenvalue weighted by molar-refractivity contribution is -0.120. The highest BCUT2D eigenvalue weighted by Crippen LogP contribution is 2.19. The molecule has 5 nitrogen and oxygen atoms in total. The maximum absolute atomic E-state index is 12.3. The van der Waals surface area contributed by atoms with Crippen LogP contribution < -0.4 is 5.32 Å². The average molecular weight is 423 g/mol. The zero-order valence-corrected chi connectivity index (χ0v) is 18.8. The fourth-order valence-electron chi connectivity index (χ4n) is 3.37. The third-order valence-electron chi connectivity index (χ3n) is 4.85. The molecule has 0 aliphatic rings. The van der Waals surface area contributed by atoms with Crippen molar-refractivity contribution < 1.29 is 4.79 Å². The van der Waals surface area contributed by atoms with E-state index in [0.717, 1.165) is 41.5 Å². The van der Waals surface area contributed by atoms with Gasteiger partial charge in [-0.05, 0) is 35.3 Å². The average Bonchev–Trinajstić information content (AvgIpc) is 3.13. The van der Waals surface area contributed by atoms with Gasteiger partial charge in [-0.2, -0.15) is 0 Å². The van der Waals surface area contributed by atoms with Crippen molar-refractivity contribution in [2.24, 2.45) is 5.92 Å². The lowest BCUT2D eigenvalue weighted by atomic mass is 10.0. The van der Waals surface area contributed by atoms with Gasteiger partial charge < -0.3 is 9.88 Å². The van der Waals surface area contributed by atoms with E-state index < -0.39 is 0 Å². The van der Waals surface area contributed by atoms with Crippen LogP contribution in [0.4, 0.5) is 0 Å². The van der Waals surface area contributed by atoms with Gasteiger partial charge >= 0.3 is 0 Å². The highest BCUT2D eigenvalue weighted by Gasteiger charge is 2.12. The molecule has 0 radical (unpaired) electrons. The minimum Gasteiger partial charge on any atom is -0.356 e. The molecule has 1 N–H and O–H groups in total. The van der Waals surface area contributed by atoms with Crippen LogP contribution in [-0.4, -0.2) is 33.5 Å². The molecule has 0 unspecified atom stereocenters. The second kappa shape index (κ2) is 11.0. The normalized spacial score (nSPS) is 11.1. The number of carbonyl (C=O) groups is 1. The van der Waals surface area contributed by atoms with Crippen molar-refractivity contribution in [1.82, 2.24) is 20.1 Å². The minimum atomic E-state index is 0.0518. The Kier molecular flexibility index (Phi) is 8.08. The summed E-state index contributed by atoms with van der Waals surface area (Å²) in [6.07, 6.45) is 4.09. The van der Waals surface area contributed by atoms with E-state index in [1.54, 1.807) is 11.8 Å². The van der Waals surface area contributed by atoms with Gasteiger partial charge in [0.25, 0.3) is 0 Å². The second-order valence-electron chi connectivity index (χ2n) is 7.80. The van der Waals surface area contributed by atoms with E-state index in [1.165, 1.54) is 5.56 Å². The Morgan fingerprint density at radius 1 is 1.03 bits per heavy atom. The number of amides is 1. The molecule has 0 bridgehead atoms. The lowest BCUT2D eigenvalue weighted by Crippen LogP contribution is -2.26. The van der Waals surface area contributed by atoms with Gasteiger partial charge in [0.1, 0.15) is 5.82 Å². The van der Waals surface area contributed by atoms with Crippen LogP contribution in [0.25, 0.3) is 11.1 Å². The second-order valence-corrected chi connectivity index (χ2v) is 8.57. The summed E-state index contributed by atoms with van der Waals surface area (Å²) in [7, 11) is 0. The summed E-state index contributed by atoms with van der Waals surface area (Å²) in [5.41, 5.74) is 3.37. The number of carbonyl (C=O) groups excluding carboxylic acids is 1. The van der Waals surface area contributed by atoms with Gasteiger partial charge in [0.2, 0.25) is 5.91 Å². The fourth-order valence-corrected chi connectivity index (χ4v) is 3.89. The number of aromatic nitrogens is 3. The zero-order chi connectivity index (χ0) is 21.3. The number of benzene rings is 2. The first kappa shape index (κ1) is 22.1. The van der Waals surface area contributed by atoms with Gasteiger partial charge in [-0.3, -0.25) is 4.79 Å². The van der Waals surface area contributed by atoms with Crippen molar-refractivity contribution in [1.29, 1.82) is 0 Å². The first-order chi connectivity index (χ1) is 14.6. The predicted molar refractivity (Wildman–Crippen MR) is 124 cm³/mol. The van der Waals surface area contributed by atoms with Crippen molar-refractivity contribution >= 4 is 17.7 Å². The fraction of sp³-hybridized carbons (Fsp3) is 0.375. The highest BCUT2D eigenvalue weighted by atomic mass is 32.2. The maximum atomic E-state index is 12.3. The van der Waals surface area contributed by atoms with Crippen molar-refractivity contribution in [2.75, 3.05) is 12.8 Å². The van der Waals surface area contributed by atoms with E-state index in [1.807, 2.05) is 36.6 Å². The Morgan fingerprint density at radius 3 is 2.40 bits per heavy atom. The lowest BCUT2D eigenvalue weighted by Gasteiger charge is -2.12. The van der Waals surface area contributed by atoms with E-state index in [-0.39, 0.29) is 5.91 Å². The van der Waals surface area contributed by atoms with Gasteiger partial charge in [-0.15, -0.1) is 10.2 Å². The van der Waals surface area contributed by atoms with Gasteiger partial charge in [0.15, 0.2) is 5.16 Å². The molecule has 1 amide bonds. The Labute approximate surface area is 183 Å². The number of nitrogens with zero attached hydrogens (tertiary/aromatic N) is 3. The SMILES string of the molecule is CSc1nnc(CCCNC(=O)Cc2ccc(-c3ccccc3)cc2)n1CC(C)C. The van der Waals surface area contributed by atoms with Crippen molar-refractivity contribution in [2.45, 2.75) is 44.8 Å². The molecule has 0 atom stereocenters. The highest BCUT2D eigenvalue weighted by molar-refractivity contribution is 7.98. The molecule has 0 spiro atoms. The van der Waals surface area contributed by atoms with Crippen LogP contribution >= 0.6 is 11.8 Å². The Morgan fingerprint density at radius 2 is 1.73 bits per heavy atom. The molecule has 1 heterocycles. The van der Waals surface area contributed by atoms with Crippen molar-refractivity contribution in [3.05, 3.63) is 66.0 Å². The summed E-state index contributed by atoms with van der Waals surface area (Å²) >= 11 is 1.62. The summed E-state index contributed by atoms with van der Waals surface area (Å²) in [6.45, 7) is 5.95. The predicted octanol–water partition coefficient (Wildman–Crippen LogP) is 4.61. The molecule has 1 aromatic heterocycles. The molecule has 3 rings (SSSR count). The number of hydrogen-bond donors (Lipinski definition) is 1. The molecule has 158 valence electrons. The van der Waals surface area contributed by atoms with Gasteiger partial charge in [-0.25, -0.2) is 0 Å². The van der Waals surface area contributed by atoms with Crippen LogP contribution in [0.3, 0.4) is 0 Å². The third kappa shape index (κ3) is 6.20. The summed E-state index contributed by atoms with van der Waals surface area (Å²) in [5, 5.41) is 12.6. The molecular weight excluding hydrogens is 392 g/mol. The van der Waals surface area contributed by atoms with Crippen LogP contribution in [0.15, 0.2) is 59.8 Å². The van der Waals surface area contributed by atoms with E-state index in [4.69, 9.17) is 0 Å². The zero-order valence-electron chi connectivity index (χ0n) is 18.0. The van der Waals surface area contributed by atoms with E-state index in [0.29, 0.717) is 18.9 Å². The summed E-state index contributed by atoms with van der Waals surface area (Å²) in [4.78, 5) is 12.3. The Bertz CT molecular complexity index is 936. The Balaban J connectivity index is 1.45. The smallest absolute Gasteiger partial charge is 0.224 e. The van der Waals surface area contributed by atoms with Gasteiger partial charge in [0, 0.05) is 19.5 Å². The van der Waals surface area contributed by atoms with Crippen molar-refractivity contribution in [3.8, 4) is 11.1 Å². The monoisotopic (exact) mass is 422 g/mol. The van der Waals surface area contributed by atoms with Crippen molar-refractivity contribution in [3.63, 3.8) is 0 Å². The van der Waals surface area contributed by atoms with Gasteiger partial charge in [0.05, 0.1) is 6.42 Å². The number of thioether (sulfide) groups is 1. The summed E-state index contributed by atoms with van der Waals surface area (Å²) < 4.78 is 2.20. The van der Waals surface area contributed by atoms with E-state index in [2.05, 4.69) is 58.2 Å².